The first-order chi connectivity index (χ1) is 15.2. The van der Waals surface area contributed by atoms with Crippen LogP contribution in [0.15, 0.2) is 59.8 Å². The highest BCUT2D eigenvalue weighted by molar-refractivity contribution is 7.92. The lowest BCUT2D eigenvalue weighted by molar-refractivity contribution is -0.122. The zero-order chi connectivity index (χ0) is 23.3. The van der Waals surface area contributed by atoms with Gasteiger partial charge >= 0.3 is 0 Å². The van der Waals surface area contributed by atoms with Crippen LogP contribution in [0, 0.1) is 13.8 Å². The lowest BCUT2D eigenvalue weighted by atomic mass is 10.1. The summed E-state index contributed by atoms with van der Waals surface area (Å²) in [6.07, 6.45) is 0.449. The standard InChI is InChI=1S/C22H24N4O5S/c1-14-6-5-7-15(2)21(14)31-16(3)22(27)25-17-8-10-18(11-9-17)32(28,29)26-19-12-20(30-4)24-13-23-19/h5-13,16H,1-4H3,(H,25,27)(H,23,24,26). The number of sulfonamides is 1. The maximum Gasteiger partial charge on any atom is 0.265 e. The smallest absolute Gasteiger partial charge is 0.265 e. The van der Waals surface area contributed by atoms with Crippen LogP contribution >= 0.6 is 0 Å². The van der Waals surface area contributed by atoms with E-state index in [2.05, 4.69) is 20.0 Å². The summed E-state index contributed by atoms with van der Waals surface area (Å²) in [5.74, 6) is 0.623. The van der Waals surface area contributed by atoms with Crippen molar-refractivity contribution in [1.29, 1.82) is 0 Å². The van der Waals surface area contributed by atoms with E-state index in [1.807, 2.05) is 32.0 Å². The Kier molecular flexibility index (Phi) is 6.94. The van der Waals surface area contributed by atoms with Crippen LogP contribution < -0.4 is 19.5 Å². The second-order valence-electron chi connectivity index (χ2n) is 7.05. The van der Waals surface area contributed by atoms with Crippen molar-refractivity contribution in [2.24, 2.45) is 0 Å². The molecule has 0 saturated heterocycles. The van der Waals surface area contributed by atoms with E-state index in [0.717, 1.165) is 11.1 Å². The summed E-state index contributed by atoms with van der Waals surface area (Å²) in [5.41, 5.74) is 2.32. The predicted molar refractivity (Wildman–Crippen MR) is 120 cm³/mol. The minimum Gasteiger partial charge on any atom is -0.481 e. The molecule has 1 heterocycles. The first-order valence-corrected chi connectivity index (χ1v) is 11.2. The Morgan fingerprint density at radius 3 is 2.31 bits per heavy atom. The van der Waals surface area contributed by atoms with E-state index in [-0.39, 0.29) is 22.5 Å². The zero-order valence-corrected chi connectivity index (χ0v) is 18.9. The van der Waals surface area contributed by atoms with E-state index in [1.165, 1.54) is 43.8 Å². The first kappa shape index (κ1) is 23.0. The minimum atomic E-state index is -3.88. The van der Waals surface area contributed by atoms with Gasteiger partial charge in [0.1, 0.15) is 17.9 Å². The molecule has 0 fully saturated rings. The third kappa shape index (κ3) is 5.52. The van der Waals surface area contributed by atoms with Crippen LogP contribution in [0.25, 0.3) is 0 Å². The number of aromatic nitrogens is 2. The number of hydrogen-bond acceptors (Lipinski definition) is 7. The number of nitrogens with one attached hydrogen (secondary N) is 2. The molecule has 9 nitrogen and oxygen atoms in total. The highest BCUT2D eigenvalue weighted by Gasteiger charge is 2.19. The number of rotatable bonds is 8. The Hall–Kier alpha value is -3.66. The summed E-state index contributed by atoms with van der Waals surface area (Å²) >= 11 is 0. The quantitative estimate of drug-likeness (QED) is 0.534. The van der Waals surface area contributed by atoms with Crippen molar-refractivity contribution in [3.05, 3.63) is 66.0 Å². The Bertz CT molecular complexity index is 1190. The summed E-state index contributed by atoms with van der Waals surface area (Å²) in [6, 6.07) is 12.9. The van der Waals surface area contributed by atoms with Crippen LogP contribution in [0.2, 0.25) is 0 Å². The van der Waals surface area contributed by atoms with Gasteiger partial charge in [-0.25, -0.2) is 18.4 Å². The Labute approximate surface area is 186 Å². The molecule has 10 heteroatoms. The van der Waals surface area contributed by atoms with Crippen molar-refractivity contribution in [2.45, 2.75) is 31.8 Å². The van der Waals surface area contributed by atoms with Gasteiger partial charge in [-0.1, -0.05) is 18.2 Å². The van der Waals surface area contributed by atoms with Gasteiger partial charge in [-0.05, 0) is 56.2 Å². The number of carbonyl (C=O) groups excluding carboxylic acids is 1. The molecular weight excluding hydrogens is 432 g/mol. The van der Waals surface area contributed by atoms with Gasteiger partial charge in [-0.3, -0.25) is 9.52 Å². The molecule has 3 rings (SSSR count). The molecule has 1 amide bonds. The van der Waals surface area contributed by atoms with E-state index in [4.69, 9.17) is 9.47 Å². The van der Waals surface area contributed by atoms with Crippen molar-refractivity contribution in [2.75, 3.05) is 17.1 Å². The van der Waals surface area contributed by atoms with Crippen molar-refractivity contribution in [3.63, 3.8) is 0 Å². The maximum atomic E-state index is 12.6. The fourth-order valence-electron chi connectivity index (χ4n) is 2.88. The third-order valence-corrected chi connectivity index (χ3v) is 5.97. The molecule has 0 aliphatic rings. The SMILES string of the molecule is COc1cc(NS(=O)(=O)c2ccc(NC(=O)C(C)Oc3c(C)cccc3C)cc2)ncn1. The molecule has 1 unspecified atom stereocenters. The number of hydrogen-bond donors (Lipinski definition) is 2. The van der Waals surface area contributed by atoms with Crippen LogP contribution in [0.4, 0.5) is 11.5 Å². The van der Waals surface area contributed by atoms with Crippen LogP contribution in [0.1, 0.15) is 18.1 Å². The van der Waals surface area contributed by atoms with Crippen LogP contribution in [-0.2, 0) is 14.8 Å². The molecule has 1 aromatic heterocycles. The molecule has 0 aliphatic carbocycles. The molecule has 0 radical (unpaired) electrons. The molecule has 0 saturated carbocycles. The van der Waals surface area contributed by atoms with Gasteiger partial charge in [0.05, 0.1) is 12.0 Å². The number of nitrogens with zero attached hydrogens (tertiary/aromatic N) is 2. The summed E-state index contributed by atoms with van der Waals surface area (Å²) in [6.45, 7) is 5.48. The van der Waals surface area contributed by atoms with Gasteiger partial charge in [0.15, 0.2) is 6.10 Å². The van der Waals surface area contributed by atoms with E-state index in [0.29, 0.717) is 11.4 Å². The number of ether oxygens (including phenoxy) is 2. The average molecular weight is 457 g/mol. The van der Waals surface area contributed by atoms with Gasteiger partial charge in [0, 0.05) is 11.8 Å². The fourth-order valence-corrected chi connectivity index (χ4v) is 3.88. The second kappa shape index (κ2) is 9.65. The molecule has 2 aromatic carbocycles. The van der Waals surface area contributed by atoms with Crippen LogP contribution in [0.5, 0.6) is 11.6 Å². The van der Waals surface area contributed by atoms with Crippen molar-refractivity contribution in [3.8, 4) is 11.6 Å². The fraction of sp³-hybridized carbons (Fsp3) is 0.227. The van der Waals surface area contributed by atoms with Gasteiger partial charge < -0.3 is 14.8 Å². The second-order valence-corrected chi connectivity index (χ2v) is 8.73. The van der Waals surface area contributed by atoms with Crippen LogP contribution in [0.3, 0.4) is 0 Å². The molecule has 0 aliphatic heterocycles. The van der Waals surface area contributed by atoms with Gasteiger partial charge in [-0.2, -0.15) is 0 Å². The molecular formula is C22H24N4O5S. The largest absolute Gasteiger partial charge is 0.481 e. The molecule has 1 atom stereocenters. The van der Waals surface area contributed by atoms with Gasteiger partial charge in [0.25, 0.3) is 15.9 Å². The molecule has 168 valence electrons. The first-order valence-electron chi connectivity index (χ1n) is 9.72. The topological polar surface area (TPSA) is 120 Å². The van der Waals surface area contributed by atoms with Crippen molar-refractivity contribution in [1.82, 2.24) is 9.97 Å². The number of anilines is 2. The Morgan fingerprint density at radius 1 is 1.03 bits per heavy atom. The van der Waals surface area contributed by atoms with Crippen LogP contribution in [-0.4, -0.2) is 37.5 Å². The molecule has 0 bridgehead atoms. The van der Waals surface area contributed by atoms with Crippen molar-refractivity contribution >= 4 is 27.4 Å². The molecule has 32 heavy (non-hydrogen) atoms. The summed E-state index contributed by atoms with van der Waals surface area (Å²) < 4.78 is 38.3. The Morgan fingerprint density at radius 2 is 1.69 bits per heavy atom. The lowest BCUT2D eigenvalue weighted by Crippen LogP contribution is -2.30. The van der Waals surface area contributed by atoms with Crippen molar-refractivity contribution < 1.29 is 22.7 Å². The number of para-hydroxylation sites is 1. The van der Waals surface area contributed by atoms with Gasteiger partial charge in [0.2, 0.25) is 5.88 Å². The normalized spacial score (nSPS) is 12.0. The summed E-state index contributed by atoms with van der Waals surface area (Å²) in [5, 5.41) is 2.73. The number of aryl methyl sites for hydroxylation is 2. The summed E-state index contributed by atoms with van der Waals surface area (Å²) in [4.78, 5) is 20.2. The average Bonchev–Trinajstić information content (AvgIpc) is 2.76. The zero-order valence-electron chi connectivity index (χ0n) is 18.1. The molecule has 0 spiro atoms. The number of amides is 1. The highest BCUT2D eigenvalue weighted by Crippen LogP contribution is 2.24. The minimum absolute atomic E-state index is 0.00733. The predicted octanol–water partition coefficient (Wildman–Crippen LogP) is 3.31. The monoisotopic (exact) mass is 456 g/mol. The lowest BCUT2D eigenvalue weighted by Gasteiger charge is -2.18. The van der Waals surface area contributed by atoms with E-state index in [9.17, 15) is 13.2 Å². The number of carbonyl (C=O) groups is 1. The van der Waals surface area contributed by atoms with E-state index < -0.39 is 16.1 Å². The van der Waals surface area contributed by atoms with E-state index in [1.54, 1.807) is 6.92 Å². The molecule has 3 aromatic rings. The third-order valence-electron chi connectivity index (χ3n) is 4.59. The van der Waals surface area contributed by atoms with E-state index >= 15 is 0 Å². The number of methoxy groups -OCH3 is 1. The Balaban J connectivity index is 1.66. The maximum absolute atomic E-state index is 12.6. The number of benzene rings is 2. The van der Waals surface area contributed by atoms with Gasteiger partial charge in [-0.15, -0.1) is 0 Å². The highest BCUT2D eigenvalue weighted by atomic mass is 32.2. The summed E-state index contributed by atoms with van der Waals surface area (Å²) in [7, 11) is -2.46. The molecule has 2 N–H and O–H groups in total.